The van der Waals surface area contributed by atoms with Gasteiger partial charge >= 0.3 is 11.9 Å². The average molecular weight is 258 g/mol. The molecule has 0 aliphatic heterocycles. The van der Waals surface area contributed by atoms with Crippen molar-refractivity contribution in [2.75, 3.05) is 7.11 Å². The van der Waals surface area contributed by atoms with E-state index in [0.29, 0.717) is 5.56 Å². The van der Waals surface area contributed by atoms with Crippen LogP contribution < -0.4 is 0 Å². The molecular formula is C15H14O4. The van der Waals surface area contributed by atoms with Crippen molar-refractivity contribution in [1.29, 1.82) is 0 Å². The summed E-state index contributed by atoms with van der Waals surface area (Å²) in [6.07, 6.45) is -0.913. The van der Waals surface area contributed by atoms with Gasteiger partial charge in [-0.1, -0.05) is 30.3 Å². The first-order valence-corrected chi connectivity index (χ1v) is 5.89. The molecule has 2 aromatic rings. The Labute approximate surface area is 110 Å². The molecule has 0 bridgehead atoms. The molecule has 0 saturated carbocycles. The van der Waals surface area contributed by atoms with Gasteiger partial charge in [-0.2, -0.15) is 0 Å². The summed E-state index contributed by atoms with van der Waals surface area (Å²) in [5, 5.41) is 1.99. The topological polar surface area (TPSA) is 52.6 Å². The first-order chi connectivity index (χ1) is 9.11. The van der Waals surface area contributed by atoms with Gasteiger partial charge in [-0.05, 0) is 29.8 Å². The Morgan fingerprint density at radius 1 is 1.05 bits per heavy atom. The van der Waals surface area contributed by atoms with Crippen LogP contribution in [0.1, 0.15) is 17.3 Å². The number of hydrogen-bond donors (Lipinski definition) is 0. The Hall–Kier alpha value is -2.36. The van der Waals surface area contributed by atoms with E-state index in [1.807, 2.05) is 30.3 Å². The lowest BCUT2D eigenvalue weighted by atomic mass is 10.1. The summed E-state index contributed by atoms with van der Waals surface area (Å²) in [6.45, 7) is 1.48. The van der Waals surface area contributed by atoms with Crippen LogP contribution in [0.2, 0.25) is 0 Å². The molecule has 0 saturated heterocycles. The van der Waals surface area contributed by atoms with E-state index in [0.717, 1.165) is 10.8 Å². The van der Waals surface area contributed by atoms with Gasteiger partial charge in [0.05, 0.1) is 12.7 Å². The zero-order valence-electron chi connectivity index (χ0n) is 10.8. The van der Waals surface area contributed by atoms with Crippen LogP contribution >= 0.6 is 0 Å². The minimum Gasteiger partial charge on any atom is -0.466 e. The van der Waals surface area contributed by atoms with Crippen molar-refractivity contribution in [3.05, 3.63) is 48.0 Å². The van der Waals surface area contributed by atoms with Gasteiger partial charge in [0.25, 0.3) is 0 Å². The molecule has 0 unspecified atom stereocenters. The first kappa shape index (κ1) is 13.1. The third kappa shape index (κ3) is 2.91. The summed E-state index contributed by atoms with van der Waals surface area (Å²) in [5.41, 5.74) is 0.412. The Kier molecular flexibility index (Phi) is 3.80. The van der Waals surface area contributed by atoms with Gasteiger partial charge in [-0.25, -0.2) is 9.59 Å². The van der Waals surface area contributed by atoms with Crippen molar-refractivity contribution in [3.8, 4) is 0 Å². The molecule has 4 nitrogen and oxygen atoms in total. The Morgan fingerprint density at radius 3 is 2.42 bits per heavy atom. The summed E-state index contributed by atoms with van der Waals surface area (Å²) >= 11 is 0. The molecular weight excluding hydrogens is 244 g/mol. The highest BCUT2D eigenvalue weighted by Crippen LogP contribution is 2.16. The smallest absolute Gasteiger partial charge is 0.346 e. The van der Waals surface area contributed by atoms with Gasteiger partial charge in [-0.3, -0.25) is 0 Å². The number of rotatable bonds is 3. The van der Waals surface area contributed by atoms with E-state index in [2.05, 4.69) is 4.74 Å². The molecule has 0 heterocycles. The summed E-state index contributed by atoms with van der Waals surface area (Å²) in [7, 11) is 1.25. The SMILES string of the molecule is COC(=O)[C@H](C)OC(=O)c1ccc2ccccc2c1. The third-order valence-electron chi connectivity index (χ3n) is 2.80. The lowest BCUT2D eigenvalue weighted by Crippen LogP contribution is -2.25. The van der Waals surface area contributed by atoms with Crippen LogP contribution in [-0.4, -0.2) is 25.2 Å². The zero-order valence-corrected chi connectivity index (χ0v) is 10.8. The van der Waals surface area contributed by atoms with Crippen LogP contribution in [0.15, 0.2) is 42.5 Å². The number of carbonyl (C=O) groups excluding carboxylic acids is 2. The fourth-order valence-electron chi connectivity index (χ4n) is 1.76. The maximum Gasteiger partial charge on any atom is 0.346 e. The van der Waals surface area contributed by atoms with Crippen LogP contribution in [0.5, 0.6) is 0 Å². The molecule has 2 aromatic carbocycles. The van der Waals surface area contributed by atoms with E-state index < -0.39 is 18.0 Å². The van der Waals surface area contributed by atoms with E-state index in [4.69, 9.17) is 4.74 Å². The molecule has 0 N–H and O–H groups in total. The predicted octanol–water partition coefficient (Wildman–Crippen LogP) is 2.56. The second kappa shape index (κ2) is 5.52. The van der Waals surface area contributed by atoms with Crippen LogP contribution in [0, 0.1) is 0 Å². The highest BCUT2D eigenvalue weighted by atomic mass is 16.6. The number of ether oxygens (including phenoxy) is 2. The molecule has 0 radical (unpaired) electrons. The molecule has 1 atom stereocenters. The number of benzene rings is 2. The van der Waals surface area contributed by atoms with E-state index in [-0.39, 0.29) is 0 Å². The van der Waals surface area contributed by atoms with Crippen LogP contribution in [-0.2, 0) is 14.3 Å². The second-order valence-electron chi connectivity index (χ2n) is 4.13. The fourth-order valence-corrected chi connectivity index (χ4v) is 1.76. The van der Waals surface area contributed by atoms with Crippen molar-refractivity contribution in [1.82, 2.24) is 0 Å². The number of fused-ring (bicyclic) bond motifs is 1. The van der Waals surface area contributed by atoms with Gasteiger partial charge in [0.2, 0.25) is 0 Å². The predicted molar refractivity (Wildman–Crippen MR) is 70.8 cm³/mol. The molecule has 98 valence electrons. The maximum absolute atomic E-state index is 11.9. The molecule has 0 aliphatic carbocycles. The van der Waals surface area contributed by atoms with E-state index in [9.17, 15) is 9.59 Å². The molecule has 2 rings (SSSR count). The molecule has 0 fully saturated rings. The van der Waals surface area contributed by atoms with Gasteiger partial charge in [-0.15, -0.1) is 0 Å². The van der Waals surface area contributed by atoms with E-state index in [1.165, 1.54) is 14.0 Å². The molecule has 0 aliphatic rings. The van der Waals surface area contributed by atoms with E-state index >= 15 is 0 Å². The number of methoxy groups -OCH3 is 1. The van der Waals surface area contributed by atoms with Crippen molar-refractivity contribution in [2.45, 2.75) is 13.0 Å². The monoisotopic (exact) mass is 258 g/mol. The summed E-state index contributed by atoms with van der Waals surface area (Å²) < 4.78 is 9.53. The maximum atomic E-state index is 11.9. The number of hydrogen-bond acceptors (Lipinski definition) is 4. The Balaban J connectivity index is 2.19. The summed E-state index contributed by atoms with van der Waals surface area (Å²) in [5.74, 6) is -1.11. The number of carbonyl (C=O) groups is 2. The van der Waals surface area contributed by atoms with Crippen LogP contribution in [0.3, 0.4) is 0 Å². The lowest BCUT2D eigenvalue weighted by molar-refractivity contribution is -0.149. The Bertz CT molecular complexity index is 618. The fraction of sp³-hybridized carbons (Fsp3) is 0.200. The van der Waals surface area contributed by atoms with Crippen LogP contribution in [0.4, 0.5) is 0 Å². The lowest BCUT2D eigenvalue weighted by Gasteiger charge is -2.11. The summed E-state index contributed by atoms with van der Waals surface area (Å²) in [6, 6.07) is 13.0. The molecule has 19 heavy (non-hydrogen) atoms. The Morgan fingerprint density at radius 2 is 1.74 bits per heavy atom. The number of esters is 2. The largest absolute Gasteiger partial charge is 0.466 e. The van der Waals surface area contributed by atoms with Crippen molar-refractivity contribution in [3.63, 3.8) is 0 Å². The highest BCUT2D eigenvalue weighted by molar-refractivity contribution is 5.96. The molecule has 0 amide bonds. The highest BCUT2D eigenvalue weighted by Gasteiger charge is 2.19. The molecule has 4 heteroatoms. The first-order valence-electron chi connectivity index (χ1n) is 5.89. The standard InChI is InChI=1S/C15H14O4/c1-10(14(16)18-2)19-15(17)13-8-7-11-5-3-4-6-12(11)9-13/h3-10H,1-2H3/t10-/m0/s1. The van der Waals surface area contributed by atoms with Crippen molar-refractivity contribution >= 4 is 22.7 Å². The normalized spacial score (nSPS) is 11.9. The van der Waals surface area contributed by atoms with Gasteiger partial charge < -0.3 is 9.47 Å². The summed E-state index contributed by atoms with van der Waals surface area (Å²) in [4.78, 5) is 23.1. The van der Waals surface area contributed by atoms with Gasteiger partial charge in [0.1, 0.15) is 0 Å². The third-order valence-corrected chi connectivity index (χ3v) is 2.80. The van der Waals surface area contributed by atoms with Gasteiger partial charge in [0, 0.05) is 0 Å². The van der Waals surface area contributed by atoms with Crippen LogP contribution in [0.25, 0.3) is 10.8 Å². The second-order valence-corrected chi connectivity index (χ2v) is 4.13. The minimum absolute atomic E-state index is 0.412. The molecule has 0 aromatic heterocycles. The van der Waals surface area contributed by atoms with E-state index in [1.54, 1.807) is 12.1 Å². The molecule has 0 spiro atoms. The zero-order chi connectivity index (χ0) is 13.8. The average Bonchev–Trinajstić information content (AvgIpc) is 2.45. The quantitative estimate of drug-likeness (QED) is 0.794. The van der Waals surface area contributed by atoms with Crippen molar-refractivity contribution < 1.29 is 19.1 Å². The van der Waals surface area contributed by atoms with Gasteiger partial charge in [0.15, 0.2) is 6.10 Å². The van der Waals surface area contributed by atoms with Crippen molar-refractivity contribution in [2.24, 2.45) is 0 Å². The minimum atomic E-state index is -0.913.